The highest BCUT2D eigenvalue weighted by molar-refractivity contribution is 5.73. The Balaban J connectivity index is 2.69. The summed E-state index contributed by atoms with van der Waals surface area (Å²) in [5, 5.41) is 12.3. The van der Waals surface area contributed by atoms with Crippen molar-refractivity contribution in [3.8, 4) is 5.75 Å². The highest BCUT2D eigenvalue weighted by atomic mass is 19.1. The molecule has 1 rings (SSSR count). The zero-order valence-corrected chi connectivity index (χ0v) is 13.3. The molecule has 5 heteroatoms. The van der Waals surface area contributed by atoms with Crippen molar-refractivity contribution >= 4 is 5.97 Å². The third-order valence-electron chi connectivity index (χ3n) is 2.99. The number of carboxylic acids is 1. The van der Waals surface area contributed by atoms with Crippen molar-refractivity contribution in [2.45, 2.75) is 46.7 Å². The summed E-state index contributed by atoms with van der Waals surface area (Å²) in [6, 6.07) is 4.71. The Morgan fingerprint density at radius 1 is 1.29 bits per heavy atom. The maximum Gasteiger partial charge on any atom is 0.312 e. The van der Waals surface area contributed by atoms with Gasteiger partial charge in [-0.3, -0.25) is 4.79 Å². The van der Waals surface area contributed by atoms with Gasteiger partial charge >= 0.3 is 5.97 Å². The summed E-state index contributed by atoms with van der Waals surface area (Å²) in [5.74, 6) is -1.39. The summed E-state index contributed by atoms with van der Waals surface area (Å²) in [7, 11) is 0. The third kappa shape index (κ3) is 5.71. The summed E-state index contributed by atoms with van der Waals surface area (Å²) < 4.78 is 19.2. The fourth-order valence-corrected chi connectivity index (χ4v) is 1.46. The second kappa shape index (κ2) is 6.43. The van der Waals surface area contributed by atoms with Crippen LogP contribution in [0, 0.1) is 11.2 Å². The molecular weight excluding hydrogens is 273 g/mol. The van der Waals surface area contributed by atoms with E-state index >= 15 is 0 Å². The molecule has 118 valence electrons. The summed E-state index contributed by atoms with van der Waals surface area (Å²) >= 11 is 0. The molecule has 0 aliphatic carbocycles. The Kier molecular flexibility index (Phi) is 5.34. The van der Waals surface area contributed by atoms with Gasteiger partial charge in [0.2, 0.25) is 0 Å². The van der Waals surface area contributed by atoms with E-state index in [1.54, 1.807) is 6.07 Å². The standard InChI is InChI=1S/C16H24FNO3/c1-15(2,3)18-9-11-6-7-13(12(17)8-11)21-10-16(4,5)14(19)20/h6-8,18H,9-10H2,1-5H3,(H,19,20). The van der Waals surface area contributed by atoms with E-state index in [0.29, 0.717) is 6.54 Å². The first-order chi connectivity index (χ1) is 9.51. The number of ether oxygens (including phenoxy) is 1. The van der Waals surface area contributed by atoms with Crippen molar-refractivity contribution in [1.82, 2.24) is 5.32 Å². The molecule has 1 aromatic carbocycles. The molecule has 0 aliphatic rings. The number of aliphatic carboxylic acids is 1. The van der Waals surface area contributed by atoms with Crippen LogP contribution in [0.3, 0.4) is 0 Å². The molecule has 0 aromatic heterocycles. The monoisotopic (exact) mass is 297 g/mol. The average Bonchev–Trinajstić information content (AvgIpc) is 2.34. The number of nitrogens with one attached hydrogen (secondary N) is 1. The second-order valence-corrected chi connectivity index (χ2v) is 6.85. The first-order valence-corrected chi connectivity index (χ1v) is 6.91. The van der Waals surface area contributed by atoms with E-state index in [1.165, 1.54) is 26.0 Å². The van der Waals surface area contributed by atoms with E-state index in [0.717, 1.165) is 5.56 Å². The fraction of sp³-hybridized carbons (Fsp3) is 0.562. The van der Waals surface area contributed by atoms with Gasteiger partial charge in [-0.05, 0) is 52.3 Å². The predicted molar refractivity (Wildman–Crippen MR) is 79.9 cm³/mol. The van der Waals surface area contributed by atoms with E-state index in [1.807, 2.05) is 20.8 Å². The Hall–Kier alpha value is -1.62. The lowest BCUT2D eigenvalue weighted by atomic mass is 9.95. The predicted octanol–water partition coefficient (Wildman–Crippen LogP) is 3.20. The largest absolute Gasteiger partial charge is 0.489 e. The van der Waals surface area contributed by atoms with Crippen LogP contribution in [-0.2, 0) is 11.3 Å². The zero-order chi connectivity index (χ0) is 16.3. The number of halogens is 1. The van der Waals surface area contributed by atoms with E-state index in [4.69, 9.17) is 9.84 Å². The van der Waals surface area contributed by atoms with Crippen LogP contribution in [0.4, 0.5) is 4.39 Å². The van der Waals surface area contributed by atoms with E-state index in [9.17, 15) is 9.18 Å². The lowest BCUT2D eigenvalue weighted by molar-refractivity contribution is -0.148. The summed E-state index contributed by atoms with van der Waals surface area (Å²) in [4.78, 5) is 11.0. The van der Waals surface area contributed by atoms with Crippen molar-refractivity contribution in [2.24, 2.45) is 5.41 Å². The molecule has 0 heterocycles. The van der Waals surface area contributed by atoms with Crippen LogP contribution in [0.15, 0.2) is 18.2 Å². The van der Waals surface area contributed by atoms with Gasteiger partial charge in [0.05, 0.1) is 5.41 Å². The van der Waals surface area contributed by atoms with Crippen molar-refractivity contribution in [1.29, 1.82) is 0 Å². The van der Waals surface area contributed by atoms with Crippen molar-refractivity contribution in [2.75, 3.05) is 6.61 Å². The Labute approximate surface area is 125 Å². The summed E-state index contributed by atoms with van der Waals surface area (Å²) in [6.45, 7) is 9.66. The molecule has 0 radical (unpaired) electrons. The number of carboxylic acid groups (broad SMARTS) is 1. The van der Waals surface area contributed by atoms with Gasteiger partial charge in [0.25, 0.3) is 0 Å². The smallest absolute Gasteiger partial charge is 0.312 e. The number of hydrogen-bond acceptors (Lipinski definition) is 3. The van der Waals surface area contributed by atoms with Gasteiger partial charge in [-0.15, -0.1) is 0 Å². The maximum absolute atomic E-state index is 13.9. The van der Waals surface area contributed by atoms with Gasteiger partial charge < -0.3 is 15.2 Å². The number of hydrogen-bond donors (Lipinski definition) is 2. The van der Waals surface area contributed by atoms with Crippen LogP contribution in [0.2, 0.25) is 0 Å². The van der Waals surface area contributed by atoms with E-state index in [-0.39, 0.29) is 17.9 Å². The molecule has 1 aromatic rings. The molecule has 0 atom stereocenters. The van der Waals surface area contributed by atoms with Crippen molar-refractivity contribution in [3.63, 3.8) is 0 Å². The molecule has 0 saturated carbocycles. The lowest BCUT2D eigenvalue weighted by Crippen LogP contribution is -2.35. The van der Waals surface area contributed by atoms with Gasteiger partial charge in [-0.1, -0.05) is 6.07 Å². The van der Waals surface area contributed by atoms with Crippen molar-refractivity contribution in [3.05, 3.63) is 29.6 Å². The third-order valence-corrected chi connectivity index (χ3v) is 2.99. The SMILES string of the molecule is CC(C)(C)NCc1ccc(OCC(C)(C)C(=O)O)c(F)c1. The van der Waals surface area contributed by atoms with Gasteiger partial charge in [0, 0.05) is 12.1 Å². The van der Waals surface area contributed by atoms with Crippen LogP contribution in [0.5, 0.6) is 5.75 Å². The van der Waals surface area contributed by atoms with Crippen LogP contribution in [-0.4, -0.2) is 23.2 Å². The van der Waals surface area contributed by atoms with Crippen LogP contribution < -0.4 is 10.1 Å². The topological polar surface area (TPSA) is 58.6 Å². The van der Waals surface area contributed by atoms with E-state index in [2.05, 4.69) is 5.32 Å². The first-order valence-electron chi connectivity index (χ1n) is 6.91. The molecule has 0 saturated heterocycles. The van der Waals surface area contributed by atoms with Gasteiger partial charge in [0.15, 0.2) is 11.6 Å². The molecule has 0 bridgehead atoms. The summed E-state index contributed by atoms with van der Waals surface area (Å²) in [5.41, 5.74) is -0.289. The molecular formula is C16H24FNO3. The molecule has 2 N–H and O–H groups in total. The van der Waals surface area contributed by atoms with Gasteiger partial charge in [0.1, 0.15) is 6.61 Å². The fourth-order valence-electron chi connectivity index (χ4n) is 1.46. The Morgan fingerprint density at radius 3 is 2.38 bits per heavy atom. The molecule has 4 nitrogen and oxygen atoms in total. The molecule has 0 unspecified atom stereocenters. The minimum Gasteiger partial charge on any atom is -0.489 e. The lowest BCUT2D eigenvalue weighted by Gasteiger charge is -2.21. The first kappa shape index (κ1) is 17.4. The normalized spacial score (nSPS) is 12.3. The van der Waals surface area contributed by atoms with E-state index < -0.39 is 17.2 Å². The molecule has 0 amide bonds. The number of rotatable bonds is 6. The Bertz CT molecular complexity index is 507. The molecule has 0 spiro atoms. The highest BCUT2D eigenvalue weighted by Gasteiger charge is 2.28. The molecule has 21 heavy (non-hydrogen) atoms. The average molecular weight is 297 g/mol. The molecule has 0 aliphatic heterocycles. The quantitative estimate of drug-likeness (QED) is 0.846. The van der Waals surface area contributed by atoms with Gasteiger partial charge in [-0.2, -0.15) is 0 Å². The van der Waals surface area contributed by atoms with Crippen molar-refractivity contribution < 1.29 is 19.0 Å². The van der Waals surface area contributed by atoms with Crippen LogP contribution in [0.1, 0.15) is 40.2 Å². The zero-order valence-electron chi connectivity index (χ0n) is 13.3. The Morgan fingerprint density at radius 2 is 1.90 bits per heavy atom. The van der Waals surface area contributed by atoms with Crippen LogP contribution in [0.25, 0.3) is 0 Å². The minimum absolute atomic E-state index is 0.0445. The van der Waals surface area contributed by atoms with Crippen LogP contribution >= 0.6 is 0 Å². The second-order valence-electron chi connectivity index (χ2n) is 6.85. The van der Waals surface area contributed by atoms with Gasteiger partial charge in [-0.25, -0.2) is 4.39 Å². The summed E-state index contributed by atoms with van der Waals surface area (Å²) in [6.07, 6.45) is 0. The number of carbonyl (C=O) groups is 1. The molecule has 0 fully saturated rings. The maximum atomic E-state index is 13.9. The number of benzene rings is 1. The highest BCUT2D eigenvalue weighted by Crippen LogP contribution is 2.22. The minimum atomic E-state index is -1.06.